The molecule has 5 aromatic rings. The van der Waals surface area contributed by atoms with Gasteiger partial charge in [0.25, 0.3) is 0 Å². The van der Waals surface area contributed by atoms with Crippen LogP contribution in [0.3, 0.4) is 0 Å². The average molecular weight is 880 g/mol. The maximum Gasteiger partial charge on any atom is 0.164 e. The van der Waals surface area contributed by atoms with Crippen LogP contribution in [0.2, 0.25) is 0 Å². The number of benzene rings is 2. The molecule has 0 amide bonds. The van der Waals surface area contributed by atoms with E-state index in [-0.39, 0.29) is 47.9 Å². The molecule has 3 heterocycles. The van der Waals surface area contributed by atoms with Crippen molar-refractivity contribution < 1.29 is 39.0 Å². The van der Waals surface area contributed by atoms with Crippen molar-refractivity contribution in [3.63, 3.8) is 0 Å². The van der Waals surface area contributed by atoms with E-state index in [0.29, 0.717) is 5.92 Å². The van der Waals surface area contributed by atoms with E-state index in [4.69, 9.17) is 9.40 Å². The summed E-state index contributed by atoms with van der Waals surface area (Å²) in [5.41, 5.74) is 5.51. The van der Waals surface area contributed by atoms with Crippen molar-refractivity contribution in [2.75, 3.05) is 0 Å². The average Bonchev–Trinajstić information content (AvgIpc) is 3.51. The summed E-state index contributed by atoms with van der Waals surface area (Å²) in [6.07, 6.45) is 9.57. The third kappa shape index (κ3) is 9.62. The van der Waals surface area contributed by atoms with Gasteiger partial charge in [-0.2, -0.15) is 0 Å². The van der Waals surface area contributed by atoms with Crippen molar-refractivity contribution in [2.45, 2.75) is 114 Å². The van der Waals surface area contributed by atoms with E-state index < -0.39 is 0 Å². The molecule has 0 aliphatic heterocycles. The molecular weight excluding hydrogens is 821 g/mol. The number of hydrogen-bond acceptors (Lipinski definition) is 4. The standard InChI is InChI=1S/C31H31N2O.C15H28O2.Ir/c1-20(2)13-25-15-24-19-32-28(18-30(24)34-25)22-11-12-33(6)29(17-22)23-14-21-9-7-8-10-26(21)27(16-23)31(3,4)5;1-7-14(5,8-2)12(16)11-13(17)15(6,9-3)10-4;/h7-12,15-20H,6,13H2,1-5H3;11,16H,7-10H2,1-6H3;/q-1;;/b;12-11-;. The predicted molar refractivity (Wildman–Crippen MR) is 213 cm³/mol. The molecule has 52 heavy (non-hydrogen) atoms. The Morgan fingerprint density at radius 3 is 2.17 bits per heavy atom. The number of aliphatic hydroxyl groups excluding tert-OH is 1. The van der Waals surface area contributed by atoms with Gasteiger partial charge in [-0.05, 0) is 60.8 Å². The van der Waals surface area contributed by atoms with Gasteiger partial charge in [-0.3, -0.25) is 9.78 Å². The number of hydrogen-bond donors (Lipinski definition) is 1. The quantitative estimate of drug-likeness (QED) is 0.0621. The number of allylic oxidation sites excluding steroid dienone is 2. The molecule has 3 aromatic heterocycles. The smallest absolute Gasteiger partial charge is 0.164 e. The fourth-order valence-electron chi connectivity index (χ4n) is 6.24. The molecule has 0 bridgehead atoms. The van der Waals surface area contributed by atoms with Crippen molar-refractivity contribution in [3.05, 3.63) is 103 Å². The Morgan fingerprint density at radius 1 is 0.942 bits per heavy atom. The SMILES string of the molecule is CCC(C)(CC)C(=O)/C=C(\O)C(C)(CC)CC.[CH2-][n+]1ccc(-c2cc3oc(CC(C)C)cc3cn2)cc1-c1[c-]c2ccccc2c(C(C)(C)C)c1.[Ir]. The Labute approximate surface area is 326 Å². The summed E-state index contributed by atoms with van der Waals surface area (Å²) in [4.78, 5) is 16.9. The first-order chi connectivity index (χ1) is 24.0. The molecule has 0 atom stereocenters. The van der Waals surface area contributed by atoms with E-state index in [2.05, 4.69) is 90.2 Å². The number of carbonyl (C=O) groups is 1. The van der Waals surface area contributed by atoms with Gasteiger partial charge in [0.15, 0.2) is 5.78 Å². The van der Waals surface area contributed by atoms with Crippen molar-refractivity contribution in [1.29, 1.82) is 0 Å². The largest absolute Gasteiger partial charge is 0.512 e. The zero-order valence-corrected chi connectivity index (χ0v) is 35.6. The minimum Gasteiger partial charge on any atom is -0.512 e. The summed E-state index contributed by atoms with van der Waals surface area (Å²) >= 11 is 0. The van der Waals surface area contributed by atoms with Crippen LogP contribution in [0.4, 0.5) is 0 Å². The van der Waals surface area contributed by atoms with Gasteiger partial charge in [0, 0.05) is 68.1 Å². The zero-order chi connectivity index (χ0) is 37.7. The van der Waals surface area contributed by atoms with Gasteiger partial charge in [-0.15, -0.1) is 29.1 Å². The molecule has 1 N–H and O–H groups in total. The van der Waals surface area contributed by atoms with Crippen LogP contribution in [-0.2, 0) is 36.7 Å². The monoisotopic (exact) mass is 880 g/mol. The van der Waals surface area contributed by atoms with E-state index in [1.165, 1.54) is 17.0 Å². The first-order valence-corrected chi connectivity index (χ1v) is 18.6. The van der Waals surface area contributed by atoms with Gasteiger partial charge in [-0.1, -0.05) is 105 Å². The van der Waals surface area contributed by atoms with Crippen LogP contribution in [0.25, 0.3) is 44.3 Å². The maximum atomic E-state index is 12.2. The zero-order valence-electron chi connectivity index (χ0n) is 33.2. The van der Waals surface area contributed by atoms with Crippen LogP contribution >= 0.6 is 0 Å². The second-order valence-corrected chi connectivity index (χ2v) is 16.0. The number of aromatic nitrogens is 2. The summed E-state index contributed by atoms with van der Waals surface area (Å²) in [6.45, 7) is 23.2. The molecule has 0 aliphatic rings. The summed E-state index contributed by atoms with van der Waals surface area (Å²) in [7, 11) is 4.24. The van der Waals surface area contributed by atoms with E-state index in [0.717, 1.165) is 76.7 Å². The van der Waals surface area contributed by atoms with Gasteiger partial charge in [0.1, 0.15) is 22.8 Å². The van der Waals surface area contributed by atoms with Gasteiger partial charge in [0.05, 0.1) is 11.9 Å². The molecule has 2 aromatic carbocycles. The Balaban J connectivity index is 0.000000347. The summed E-state index contributed by atoms with van der Waals surface area (Å²) in [5.74, 6) is 1.84. The number of rotatable bonds is 11. The Morgan fingerprint density at radius 2 is 1.58 bits per heavy atom. The van der Waals surface area contributed by atoms with Gasteiger partial charge in [0.2, 0.25) is 0 Å². The number of carbonyl (C=O) groups excluding carboxylic acids is 1. The number of aliphatic hydroxyl groups is 1. The fourth-order valence-corrected chi connectivity index (χ4v) is 6.24. The molecule has 0 saturated carbocycles. The molecule has 281 valence electrons. The molecule has 0 fully saturated rings. The topological polar surface area (TPSA) is 67.2 Å². The first kappa shape index (κ1) is 42.7. The predicted octanol–water partition coefficient (Wildman–Crippen LogP) is 12.2. The van der Waals surface area contributed by atoms with Crippen LogP contribution in [0.15, 0.2) is 83.2 Å². The number of furan rings is 1. The van der Waals surface area contributed by atoms with Gasteiger partial charge in [-0.25, -0.2) is 0 Å². The normalized spacial score (nSPS) is 12.5. The molecule has 0 spiro atoms. The van der Waals surface area contributed by atoms with E-state index in [9.17, 15) is 9.90 Å². The first-order valence-electron chi connectivity index (χ1n) is 18.6. The number of ketones is 1. The van der Waals surface area contributed by atoms with E-state index >= 15 is 0 Å². The third-order valence-corrected chi connectivity index (χ3v) is 10.9. The molecule has 5 rings (SSSR count). The Kier molecular flexibility index (Phi) is 14.3. The molecule has 5 nitrogen and oxygen atoms in total. The second-order valence-electron chi connectivity index (χ2n) is 16.0. The molecule has 1 radical (unpaired) electrons. The van der Waals surface area contributed by atoms with Crippen LogP contribution < -0.4 is 4.57 Å². The minimum atomic E-state index is -0.337. The van der Waals surface area contributed by atoms with Crippen molar-refractivity contribution in [3.8, 4) is 22.5 Å². The fraction of sp³-hybridized carbons (Fsp3) is 0.435. The molecule has 0 unspecified atom stereocenters. The maximum absolute atomic E-state index is 12.2. The Bertz CT molecular complexity index is 2010. The summed E-state index contributed by atoms with van der Waals surface area (Å²) < 4.78 is 8.02. The minimum absolute atomic E-state index is 0. The van der Waals surface area contributed by atoms with Gasteiger partial charge < -0.3 is 14.1 Å². The number of fused-ring (bicyclic) bond motifs is 2. The van der Waals surface area contributed by atoms with Crippen LogP contribution in [0.5, 0.6) is 0 Å². The van der Waals surface area contributed by atoms with Gasteiger partial charge >= 0.3 is 0 Å². The third-order valence-electron chi connectivity index (χ3n) is 10.9. The molecule has 6 heteroatoms. The summed E-state index contributed by atoms with van der Waals surface area (Å²) in [6, 6.07) is 22.7. The Hall–Kier alpha value is -3.73. The van der Waals surface area contributed by atoms with E-state index in [1.807, 2.05) is 70.6 Å². The molecule has 0 aliphatic carbocycles. The van der Waals surface area contributed by atoms with Crippen LogP contribution in [-0.4, -0.2) is 15.9 Å². The second kappa shape index (κ2) is 17.4. The van der Waals surface area contributed by atoms with Crippen molar-refractivity contribution in [1.82, 2.24) is 4.98 Å². The molecular formula is C46H59IrN2O3-. The summed E-state index contributed by atoms with van der Waals surface area (Å²) in [5, 5.41) is 13.5. The van der Waals surface area contributed by atoms with Crippen LogP contribution in [0, 0.1) is 29.9 Å². The number of pyridine rings is 2. The number of nitrogens with zero attached hydrogens (tertiary/aromatic N) is 2. The van der Waals surface area contributed by atoms with E-state index in [1.54, 1.807) is 0 Å². The van der Waals surface area contributed by atoms with Crippen molar-refractivity contribution >= 4 is 27.5 Å². The molecule has 0 saturated heterocycles. The van der Waals surface area contributed by atoms with Crippen molar-refractivity contribution in [2.24, 2.45) is 16.7 Å². The van der Waals surface area contributed by atoms with Crippen LogP contribution in [0.1, 0.15) is 113 Å².